The number of hydrogen-bond donors (Lipinski definition) is 2. The van der Waals surface area contributed by atoms with Crippen molar-refractivity contribution >= 4 is 64.3 Å². The van der Waals surface area contributed by atoms with Crippen molar-refractivity contribution in [1.29, 1.82) is 0 Å². The van der Waals surface area contributed by atoms with E-state index in [9.17, 15) is 35.9 Å². The lowest BCUT2D eigenvalue weighted by molar-refractivity contribution is -0.140. The van der Waals surface area contributed by atoms with E-state index in [0.29, 0.717) is 0 Å². The Bertz CT molecular complexity index is 1160. The molecule has 202 valence electrons. The highest BCUT2D eigenvalue weighted by molar-refractivity contribution is 6.48. The number of benzene rings is 2. The molecule has 2 rings (SSSR count). The number of amides is 2. The van der Waals surface area contributed by atoms with E-state index in [1.54, 1.807) is 5.32 Å². The molecule has 2 aromatic carbocycles. The van der Waals surface area contributed by atoms with Crippen molar-refractivity contribution in [2.24, 2.45) is 5.92 Å². The third-order valence-corrected chi connectivity index (χ3v) is 6.43. The van der Waals surface area contributed by atoms with Crippen molar-refractivity contribution in [3.8, 4) is 0 Å². The fourth-order valence-corrected chi connectivity index (χ4v) is 3.87. The van der Waals surface area contributed by atoms with Gasteiger partial charge in [-0.25, -0.2) is 0 Å². The molecular formula is C23H18Cl4F6N2O2. The summed E-state index contributed by atoms with van der Waals surface area (Å²) in [6.45, 7) is -0.461. The van der Waals surface area contributed by atoms with Gasteiger partial charge in [-0.2, -0.15) is 26.3 Å². The van der Waals surface area contributed by atoms with Gasteiger partial charge in [0.1, 0.15) is 6.54 Å². The summed E-state index contributed by atoms with van der Waals surface area (Å²) in [6.07, 6.45) is -7.25. The summed E-state index contributed by atoms with van der Waals surface area (Å²) in [5, 5.41) is 3.63. The number of allylic oxidation sites excluding steroid dienone is 1. The van der Waals surface area contributed by atoms with Crippen LogP contribution in [0.5, 0.6) is 0 Å². The molecule has 4 nitrogen and oxygen atoms in total. The van der Waals surface area contributed by atoms with Gasteiger partial charge in [-0.1, -0.05) is 71.5 Å². The lowest BCUT2D eigenvalue weighted by Gasteiger charge is -2.18. The summed E-state index contributed by atoms with van der Waals surface area (Å²) in [6, 6.07) is 5.96. The summed E-state index contributed by atoms with van der Waals surface area (Å²) in [4.78, 5) is 24.1. The second-order valence-corrected chi connectivity index (χ2v) is 9.46. The van der Waals surface area contributed by atoms with Crippen molar-refractivity contribution in [2.75, 3.05) is 13.1 Å². The smallest absolute Gasteiger partial charge is 0.351 e. The van der Waals surface area contributed by atoms with Crippen LogP contribution in [0.1, 0.15) is 34.3 Å². The SMILES string of the molecule is CC(CNC(=O)c1ccc(/C=C/C(c2cc(Cl)c(Cl)c(Cl)c2)C(F)(F)F)cc1Cl)C(=O)NCC(F)(F)F. The quantitative estimate of drug-likeness (QED) is 0.238. The molecule has 37 heavy (non-hydrogen) atoms. The van der Waals surface area contributed by atoms with Gasteiger partial charge in [0.05, 0.1) is 37.5 Å². The van der Waals surface area contributed by atoms with Gasteiger partial charge >= 0.3 is 12.4 Å². The van der Waals surface area contributed by atoms with Crippen molar-refractivity contribution in [1.82, 2.24) is 10.6 Å². The fraction of sp³-hybridized carbons (Fsp3) is 0.304. The number of alkyl halides is 6. The minimum absolute atomic E-state index is 0.0506. The zero-order valence-corrected chi connectivity index (χ0v) is 21.7. The Kier molecular flexibility index (Phi) is 10.6. The maximum atomic E-state index is 13.7. The first-order chi connectivity index (χ1) is 17.0. The Morgan fingerprint density at radius 1 is 0.919 bits per heavy atom. The molecule has 2 atom stereocenters. The van der Waals surface area contributed by atoms with Crippen LogP contribution in [-0.4, -0.2) is 37.3 Å². The first-order valence-corrected chi connectivity index (χ1v) is 11.8. The van der Waals surface area contributed by atoms with E-state index in [0.717, 1.165) is 24.3 Å². The maximum Gasteiger partial charge on any atom is 0.405 e. The molecule has 0 spiro atoms. The lowest BCUT2D eigenvalue weighted by Crippen LogP contribution is -2.41. The number of halogens is 10. The number of carbonyl (C=O) groups is 2. The van der Waals surface area contributed by atoms with Gasteiger partial charge < -0.3 is 10.6 Å². The Labute approximate surface area is 227 Å². The molecule has 2 amide bonds. The van der Waals surface area contributed by atoms with Crippen LogP contribution in [0.4, 0.5) is 26.3 Å². The molecule has 0 aliphatic carbocycles. The predicted molar refractivity (Wildman–Crippen MR) is 131 cm³/mol. The van der Waals surface area contributed by atoms with E-state index in [1.165, 1.54) is 25.1 Å². The zero-order chi connectivity index (χ0) is 28.1. The number of carbonyl (C=O) groups excluding carboxylic acids is 2. The molecule has 2 unspecified atom stereocenters. The van der Waals surface area contributed by atoms with Gasteiger partial charge in [0.25, 0.3) is 5.91 Å². The van der Waals surface area contributed by atoms with Crippen LogP contribution >= 0.6 is 46.4 Å². The van der Waals surface area contributed by atoms with Crippen LogP contribution in [0.2, 0.25) is 20.1 Å². The van der Waals surface area contributed by atoms with Crippen molar-refractivity contribution in [3.05, 3.63) is 73.2 Å². The van der Waals surface area contributed by atoms with E-state index in [2.05, 4.69) is 5.32 Å². The second-order valence-electron chi connectivity index (χ2n) is 7.86. The Morgan fingerprint density at radius 2 is 1.51 bits per heavy atom. The highest BCUT2D eigenvalue weighted by atomic mass is 35.5. The summed E-state index contributed by atoms with van der Waals surface area (Å²) < 4.78 is 77.7. The topological polar surface area (TPSA) is 58.2 Å². The summed E-state index contributed by atoms with van der Waals surface area (Å²) in [7, 11) is 0. The van der Waals surface area contributed by atoms with Crippen LogP contribution in [0.3, 0.4) is 0 Å². The Hall–Kier alpha value is -2.14. The lowest BCUT2D eigenvalue weighted by atomic mass is 9.97. The van der Waals surface area contributed by atoms with Gasteiger partial charge in [0.2, 0.25) is 5.91 Å². The zero-order valence-electron chi connectivity index (χ0n) is 18.7. The minimum Gasteiger partial charge on any atom is -0.351 e. The first kappa shape index (κ1) is 31.1. The molecule has 0 saturated heterocycles. The van der Waals surface area contributed by atoms with Gasteiger partial charge in [0, 0.05) is 6.54 Å². The molecular weight excluding hydrogens is 592 g/mol. The third-order valence-electron chi connectivity index (χ3n) is 4.92. The average Bonchev–Trinajstić information content (AvgIpc) is 2.77. The monoisotopic (exact) mass is 608 g/mol. The molecule has 0 aromatic heterocycles. The molecule has 0 heterocycles. The predicted octanol–water partition coefficient (Wildman–Crippen LogP) is 7.70. The second kappa shape index (κ2) is 12.6. The van der Waals surface area contributed by atoms with Crippen molar-refractivity contribution in [2.45, 2.75) is 25.2 Å². The van der Waals surface area contributed by atoms with Gasteiger partial charge in [-0.15, -0.1) is 0 Å². The summed E-state index contributed by atoms with van der Waals surface area (Å²) in [5.41, 5.74) is -0.0501. The molecule has 0 fully saturated rings. The van der Waals surface area contributed by atoms with Crippen LogP contribution in [0.15, 0.2) is 36.4 Å². The van der Waals surface area contributed by atoms with Crippen LogP contribution in [0.25, 0.3) is 6.08 Å². The van der Waals surface area contributed by atoms with Crippen LogP contribution < -0.4 is 10.6 Å². The Balaban J connectivity index is 2.12. The molecule has 2 aromatic rings. The maximum absolute atomic E-state index is 13.7. The minimum atomic E-state index is -4.69. The van der Waals surface area contributed by atoms with Gasteiger partial charge in [-0.3, -0.25) is 9.59 Å². The summed E-state index contributed by atoms with van der Waals surface area (Å²) >= 11 is 23.7. The van der Waals surface area contributed by atoms with E-state index < -0.39 is 42.5 Å². The first-order valence-electron chi connectivity index (χ1n) is 10.3. The largest absolute Gasteiger partial charge is 0.405 e. The van der Waals surface area contributed by atoms with Crippen molar-refractivity contribution in [3.63, 3.8) is 0 Å². The van der Waals surface area contributed by atoms with Crippen LogP contribution in [-0.2, 0) is 4.79 Å². The van der Waals surface area contributed by atoms with E-state index in [-0.39, 0.29) is 43.3 Å². The van der Waals surface area contributed by atoms with Crippen LogP contribution in [0, 0.1) is 5.92 Å². The number of hydrogen-bond acceptors (Lipinski definition) is 2. The third kappa shape index (κ3) is 9.28. The van der Waals surface area contributed by atoms with Crippen molar-refractivity contribution < 1.29 is 35.9 Å². The van der Waals surface area contributed by atoms with E-state index >= 15 is 0 Å². The molecule has 0 radical (unpaired) electrons. The number of rotatable bonds is 8. The molecule has 0 saturated carbocycles. The average molecular weight is 610 g/mol. The van der Waals surface area contributed by atoms with Gasteiger partial charge in [0.15, 0.2) is 0 Å². The highest BCUT2D eigenvalue weighted by Crippen LogP contribution is 2.41. The summed E-state index contributed by atoms with van der Waals surface area (Å²) in [5.74, 6) is -4.69. The normalized spacial score (nSPS) is 13.9. The standard InChI is InChI=1S/C23H18Cl4F6N2O2/c1-11(20(36)35-10-22(28,29)30)9-34-21(37)14-4-2-12(6-16(14)24)3-5-15(23(31,32)33)13-7-17(25)19(27)18(26)8-13/h2-8,11,15H,9-10H2,1H3,(H,34,37)(H,35,36)/b5-3+. The van der Waals surface area contributed by atoms with Gasteiger partial charge in [-0.05, 0) is 35.4 Å². The number of nitrogens with one attached hydrogen (secondary N) is 2. The van der Waals surface area contributed by atoms with E-state index in [4.69, 9.17) is 46.4 Å². The fourth-order valence-electron chi connectivity index (χ4n) is 2.99. The van der Waals surface area contributed by atoms with E-state index in [1.807, 2.05) is 0 Å². The molecule has 2 N–H and O–H groups in total. The highest BCUT2D eigenvalue weighted by Gasteiger charge is 2.39. The molecule has 0 aliphatic rings. The molecule has 0 bridgehead atoms. The Morgan fingerprint density at radius 3 is 2.03 bits per heavy atom. The molecule has 0 aliphatic heterocycles. The molecule has 14 heteroatoms.